The highest BCUT2D eigenvalue weighted by Crippen LogP contribution is 2.30. The number of carboxylic acids is 1. The van der Waals surface area contributed by atoms with Gasteiger partial charge in [0, 0.05) is 16.7 Å². The molecule has 2 aromatic rings. The summed E-state index contributed by atoms with van der Waals surface area (Å²) in [4.78, 5) is 16.4. The van der Waals surface area contributed by atoms with Crippen LogP contribution in [0.3, 0.4) is 0 Å². The molecule has 104 valence electrons. The first-order valence-corrected chi connectivity index (χ1v) is 7.41. The minimum Gasteiger partial charge on any atom is -0.478 e. The van der Waals surface area contributed by atoms with E-state index in [9.17, 15) is 4.79 Å². The van der Waals surface area contributed by atoms with Crippen molar-refractivity contribution in [2.75, 3.05) is 6.26 Å². The molecule has 0 aliphatic heterocycles. The monoisotopic (exact) mass is 289 g/mol. The lowest BCUT2D eigenvalue weighted by molar-refractivity contribution is 0.0696. The van der Waals surface area contributed by atoms with Gasteiger partial charge in [-0.05, 0) is 30.9 Å². The van der Waals surface area contributed by atoms with Crippen LogP contribution < -0.4 is 4.74 Å². The summed E-state index contributed by atoms with van der Waals surface area (Å²) in [7, 11) is 0. The van der Waals surface area contributed by atoms with Gasteiger partial charge in [0.25, 0.3) is 0 Å². The van der Waals surface area contributed by atoms with Crippen LogP contribution in [-0.2, 0) is 6.42 Å². The summed E-state index contributed by atoms with van der Waals surface area (Å²) < 4.78 is 5.74. The second kappa shape index (κ2) is 6.43. The molecule has 20 heavy (non-hydrogen) atoms. The number of aromatic nitrogens is 1. The van der Waals surface area contributed by atoms with Crippen molar-refractivity contribution in [2.45, 2.75) is 18.2 Å². The molecular formula is C15H15NO3S. The van der Waals surface area contributed by atoms with Crippen LogP contribution in [0.25, 0.3) is 0 Å². The van der Waals surface area contributed by atoms with Crippen molar-refractivity contribution < 1.29 is 14.6 Å². The van der Waals surface area contributed by atoms with E-state index in [4.69, 9.17) is 9.84 Å². The summed E-state index contributed by atoms with van der Waals surface area (Å²) in [5.74, 6) is 0.00504. The maximum Gasteiger partial charge on any atom is 0.335 e. The van der Waals surface area contributed by atoms with Crippen LogP contribution in [0.5, 0.6) is 11.6 Å². The van der Waals surface area contributed by atoms with Crippen LogP contribution in [0.2, 0.25) is 0 Å². The van der Waals surface area contributed by atoms with E-state index in [0.29, 0.717) is 23.7 Å². The molecule has 1 N–H and O–H groups in total. The molecular weight excluding hydrogens is 274 g/mol. The van der Waals surface area contributed by atoms with Crippen LogP contribution in [-0.4, -0.2) is 22.3 Å². The topological polar surface area (TPSA) is 59.4 Å². The maximum absolute atomic E-state index is 11.1. The van der Waals surface area contributed by atoms with Crippen LogP contribution in [0.1, 0.15) is 23.0 Å². The predicted octanol–water partition coefficient (Wildman–Crippen LogP) is 3.86. The normalized spacial score (nSPS) is 10.3. The third-order valence-electron chi connectivity index (χ3n) is 2.75. The zero-order valence-electron chi connectivity index (χ0n) is 11.3. The first-order valence-electron chi connectivity index (χ1n) is 6.19. The number of aryl methyl sites for hydroxylation is 1. The Balaban J connectivity index is 2.37. The molecule has 0 aliphatic rings. The molecule has 1 aromatic heterocycles. The van der Waals surface area contributed by atoms with Crippen molar-refractivity contribution in [3.05, 3.63) is 47.7 Å². The molecule has 0 radical (unpaired) electrons. The maximum atomic E-state index is 11.1. The predicted molar refractivity (Wildman–Crippen MR) is 78.9 cm³/mol. The fourth-order valence-corrected chi connectivity index (χ4v) is 2.26. The van der Waals surface area contributed by atoms with Gasteiger partial charge in [-0.15, -0.1) is 11.8 Å². The number of carboxylic acid groups (broad SMARTS) is 1. The summed E-state index contributed by atoms with van der Waals surface area (Å²) in [6.07, 6.45) is 2.61. The summed E-state index contributed by atoms with van der Waals surface area (Å²) in [5.41, 5.74) is 0.884. The molecule has 0 amide bonds. The van der Waals surface area contributed by atoms with Gasteiger partial charge in [-0.1, -0.05) is 19.1 Å². The first kappa shape index (κ1) is 14.4. The molecule has 0 unspecified atom stereocenters. The molecule has 0 saturated heterocycles. The second-order valence-corrected chi connectivity index (χ2v) is 4.95. The Bertz CT molecular complexity index is 628. The Morgan fingerprint density at radius 2 is 2.10 bits per heavy atom. The minimum absolute atomic E-state index is 0.188. The number of thioether (sulfide) groups is 1. The molecule has 0 spiro atoms. The Hall–Kier alpha value is -2.01. The van der Waals surface area contributed by atoms with Crippen molar-refractivity contribution in [1.29, 1.82) is 0 Å². The van der Waals surface area contributed by atoms with Crippen molar-refractivity contribution in [3.8, 4) is 11.6 Å². The number of hydrogen-bond donors (Lipinski definition) is 1. The van der Waals surface area contributed by atoms with Gasteiger partial charge < -0.3 is 9.84 Å². The minimum atomic E-state index is -0.981. The van der Waals surface area contributed by atoms with E-state index in [1.54, 1.807) is 17.8 Å². The number of rotatable bonds is 5. The van der Waals surface area contributed by atoms with Crippen molar-refractivity contribution >= 4 is 17.7 Å². The van der Waals surface area contributed by atoms with Crippen LogP contribution in [0.15, 0.2) is 41.3 Å². The molecule has 0 bridgehead atoms. The number of carbonyl (C=O) groups is 1. The molecule has 2 rings (SSSR count). The smallest absolute Gasteiger partial charge is 0.335 e. The number of hydrogen-bond acceptors (Lipinski definition) is 4. The van der Waals surface area contributed by atoms with E-state index < -0.39 is 5.97 Å². The highest BCUT2D eigenvalue weighted by molar-refractivity contribution is 7.98. The average molecular weight is 289 g/mol. The third kappa shape index (κ3) is 3.30. The van der Waals surface area contributed by atoms with Crippen LogP contribution in [0, 0.1) is 0 Å². The molecule has 0 aliphatic carbocycles. The quantitative estimate of drug-likeness (QED) is 0.847. The van der Waals surface area contributed by atoms with Gasteiger partial charge in [0.2, 0.25) is 5.88 Å². The average Bonchev–Trinajstić information content (AvgIpc) is 2.47. The van der Waals surface area contributed by atoms with Gasteiger partial charge >= 0.3 is 5.97 Å². The molecule has 0 atom stereocenters. The SMILES string of the molecule is CCc1cc(C(=O)O)cc(Oc2ccccc2SC)n1. The van der Waals surface area contributed by atoms with E-state index >= 15 is 0 Å². The van der Waals surface area contributed by atoms with Crippen molar-refractivity contribution in [3.63, 3.8) is 0 Å². The second-order valence-electron chi connectivity index (χ2n) is 4.10. The summed E-state index contributed by atoms with van der Waals surface area (Å²) in [5, 5.41) is 9.11. The van der Waals surface area contributed by atoms with Crippen LogP contribution in [0.4, 0.5) is 0 Å². The highest BCUT2D eigenvalue weighted by Gasteiger charge is 2.10. The van der Waals surface area contributed by atoms with Gasteiger partial charge in [-0.25, -0.2) is 9.78 Å². The summed E-state index contributed by atoms with van der Waals surface area (Å²) in [6.45, 7) is 1.92. The van der Waals surface area contributed by atoms with E-state index in [1.165, 1.54) is 6.07 Å². The standard InChI is InChI=1S/C15H15NO3S/c1-3-11-8-10(15(17)18)9-14(16-11)19-12-6-4-5-7-13(12)20-2/h4-9H,3H2,1-2H3,(H,17,18). The van der Waals surface area contributed by atoms with Gasteiger partial charge in [0.05, 0.1) is 5.56 Å². The number of ether oxygens (including phenoxy) is 1. The molecule has 1 heterocycles. The Labute approximate surface area is 121 Å². The Morgan fingerprint density at radius 1 is 1.35 bits per heavy atom. The van der Waals surface area contributed by atoms with Crippen LogP contribution >= 0.6 is 11.8 Å². The Kier molecular flexibility index (Phi) is 4.63. The molecule has 0 fully saturated rings. The lowest BCUT2D eigenvalue weighted by Gasteiger charge is -2.10. The first-order chi connectivity index (χ1) is 9.63. The number of pyridine rings is 1. The zero-order chi connectivity index (χ0) is 14.5. The van der Waals surface area contributed by atoms with Crippen molar-refractivity contribution in [1.82, 2.24) is 4.98 Å². The van der Waals surface area contributed by atoms with E-state index in [1.807, 2.05) is 37.4 Å². The third-order valence-corrected chi connectivity index (χ3v) is 3.52. The fourth-order valence-electron chi connectivity index (χ4n) is 1.73. The zero-order valence-corrected chi connectivity index (χ0v) is 12.1. The van der Waals surface area contributed by atoms with Gasteiger partial charge in [0.15, 0.2) is 0 Å². The molecule has 0 saturated carbocycles. The molecule has 4 nitrogen and oxygen atoms in total. The number of para-hydroxylation sites is 1. The number of nitrogens with zero attached hydrogens (tertiary/aromatic N) is 1. The Morgan fingerprint density at radius 3 is 2.75 bits per heavy atom. The summed E-state index contributed by atoms with van der Waals surface area (Å²) in [6, 6.07) is 10.6. The van der Waals surface area contributed by atoms with E-state index in [0.717, 1.165) is 4.90 Å². The largest absolute Gasteiger partial charge is 0.478 e. The number of aromatic carboxylic acids is 1. The van der Waals surface area contributed by atoms with Gasteiger partial charge in [0.1, 0.15) is 5.75 Å². The fraction of sp³-hybridized carbons (Fsp3) is 0.200. The lowest BCUT2D eigenvalue weighted by Crippen LogP contribution is -2.01. The highest BCUT2D eigenvalue weighted by atomic mass is 32.2. The van der Waals surface area contributed by atoms with Gasteiger partial charge in [-0.3, -0.25) is 0 Å². The number of benzene rings is 1. The molecule has 1 aromatic carbocycles. The lowest BCUT2D eigenvalue weighted by atomic mass is 10.2. The van der Waals surface area contributed by atoms with Gasteiger partial charge in [-0.2, -0.15) is 0 Å². The van der Waals surface area contributed by atoms with E-state index in [-0.39, 0.29) is 5.56 Å². The molecule has 5 heteroatoms. The summed E-state index contributed by atoms with van der Waals surface area (Å²) >= 11 is 1.57. The van der Waals surface area contributed by atoms with E-state index in [2.05, 4.69) is 4.98 Å². The van der Waals surface area contributed by atoms with Crippen molar-refractivity contribution in [2.24, 2.45) is 0 Å².